The van der Waals surface area contributed by atoms with Gasteiger partial charge in [0.1, 0.15) is 17.0 Å². The number of methoxy groups -OCH3 is 2. The van der Waals surface area contributed by atoms with Crippen molar-refractivity contribution in [2.75, 3.05) is 14.2 Å². The molecule has 0 aliphatic heterocycles. The van der Waals surface area contributed by atoms with Crippen molar-refractivity contribution in [3.05, 3.63) is 65.9 Å². The number of carbonyl (C=O) groups is 3. The number of para-hydroxylation sites is 1. The molecule has 9 heteroatoms. The van der Waals surface area contributed by atoms with Gasteiger partial charge in [0.25, 0.3) is 0 Å². The lowest BCUT2D eigenvalue weighted by molar-refractivity contribution is -0.144. The molecule has 3 rings (SSSR count). The maximum absolute atomic E-state index is 12.6. The van der Waals surface area contributed by atoms with Gasteiger partial charge < -0.3 is 19.3 Å². The molecule has 0 radical (unpaired) electrons. The Morgan fingerprint density at radius 1 is 0.935 bits per heavy atom. The van der Waals surface area contributed by atoms with Crippen LogP contribution in [0.4, 0.5) is 0 Å². The number of hydrogen-bond donors (Lipinski definition) is 1. The zero-order valence-corrected chi connectivity index (χ0v) is 17.1. The summed E-state index contributed by atoms with van der Waals surface area (Å²) in [6.45, 7) is 1.41. The third-order valence-corrected chi connectivity index (χ3v) is 4.44. The number of carbonyl (C=O) groups excluding carboxylic acids is 2. The zero-order valence-electron chi connectivity index (χ0n) is 17.1. The summed E-state index contributed by atoms with van der Waals surface area (Å²) in [5, 5.41) is 13.5. The van der Waals surface area contributed by atoms with E-state index in [-0.39, 0.29) is 17.0 Å². The molecule has 1 unspecified atom stereocenters. The Labute approximate surface area is 177 Å². The smallest absolute Gasteiger partial charge is 0.357 e. The monoisotopic (exact) mass is 424 g/mol. The molecule has 0 saturated heterocycles. The van der Waals surface area contributed by atoms with E-state index in [0.717, 1.165) is 0 Å². The second-order valence-electron chi connectivity index (χ2n) is 6.43. The first-order valence-corrected chi connectivity index (χ1v) is 9.22. The van der Waals surface area contributed by atoms with Crippen molar-refractivity contribution in [2.45, 2.75) is 13.0 Å². The minimum Gasteiger partial charge on any atom is -0.479 e. The van der Waals surface area contributed by atoms with Gasteiger partial charge in [0, 0.05) is 5.56 Å². The van der Waals surface area contributed by atoms with Gasteiger partial charge in [0.05, 0.1) is 19.9 Å². The van der Waals surface area contributed by atoms with Crippen molar-refractivity contribution in [1.29, 1.82) is 0 Å². The average molecular weight is 424 g/mol. The van der Waals surface area contributed by atoms with Crippen LogP contribution in [-0.4, -0.2) is 53.1 Å². The van der Waals surface area contributed by atoms with Gasteiger partial charge in [-0.2, -0.15) is 5.10 Å². The van der Waals surface area contributed by atoms with Crippen molar-refractivity contribution in [3.63, 3.8) is 0 Å². The van der Waals surface area contributed by atoms with Crippen LogP contribution in [-0.2, 0) is 14.3 Å². The number of carboxylic acids is 1. The largest absolute Gasteiger partial charge is 0.479 e. The third kappa shape index (κ3) is 4.40. The molecule has 31 heavy (non-hydrogen) atoms. The topological polar surface area (TPSA) is 117 Å². The summed E-state index contributed by atoms with van der Waals surface area (Å²) < 4.78 is 16.4. The summed E-state index contributed by atoms with van der Waals surface area (Å²) in [7, 11) is 2.42. The molecule has 0 aliphatic carbocycles. The number of benzene rings is 2. The molecule has 0 amide bonds. The summed E-state index contributed by atoms with van der Waals surface area (Å²) in [4.78, 5) is 36.2. The Morgan fingerprint density at radius 3 is 2.10 bits per heavy atom. The zero-order chi connectivity index (χ0) is 22.5. The van der Waals surface area contributed by atoms with E-state index in [4.69, 9.17) is 19.3 Å². The Kier molecular flexibility index (Phi) is 6.35. The number of rotatable bonds is 7. The van der Waals surface area contributed by atoms with Crippen molar-refractivity contribution in [3.8, 4) is 22.7 Å². The van der Waals surface area contributed by atoms with Crippen LogP contribution in [0, 0.1) is 0 Å². The van der Waals surface area contributed by atoms with Crippen LogP contribution in [0.3, 0.4) is 0 Å². The summed E-state index contributed by atoms with van der Waals surface area (Å²) in [6, 6.07) is 15.1. The maximum Gasteiger partial charge on any atom is 0.357 e. The standard InChI is InChI=1S/C22H20N2O7/c1-13(20(25)26)31-16-11-9-14(10-12-16)18-17(21(27)29-2)19(22(28)30-3)24(23-18)15-7-5-4-6-8-15/h4-13H,1-3H3,(H,25,26). The minimum absolute atomic E-state index is 0.0502. The molecule has 9 nitrogen and oxygen atoms in total. The summed E-state index contributed by atoms with van der Waals surface area (Å²) in [5.74, 6) is -2.27. The van der Waals surface area contributed by atoms with E-state index in [1.807, 2.05) is 6.07 Å². The number of hydrogen-bond acceptors (Lipinski definition) is 7. The Hall–Kier alpha value is -4.14. The van der Waals surface area contributed by atoms with E-state index in [2.05, 4.69) is 5.10 Å². The average Bonchev–Trinajstić information content (AvgIpc) is 3.19. The van der Waals surface area contributed by atoms with Gasteiger partial charge in [-0.1, -0.05) is 18.2 Å². The number of nitrogens with zero attached hydrogens (tertiary/aromatic N) is 2. The highest BCUT2D eigenvalue weighted by Crippen LogP contribution is 2.30. The molecule has 2 aromatic carbocycles. The lowest BCUT2D eigenvalue weighted by Gasteiger charge is -2.10. The number of esters is 2. The molecule has 1 atom stereocenters. The third-order valence-electron chi connectivity index (χ3n) is 4.44. The molecule has 1 aromatic heterocycles. The minimum atomic E-state index is -1.10. The van der Waals surface area contributed by atoms with Crippen molar-refractivity contribution in [1.82, 2.24) is 9.78 Å². The van der Waals surface area contributed by atoms with E-state index in [1.165, 1.54) is 25.8 Å². The second kappa shape index (κ2) is 9.12. The SMILES string of the molecule is COC(=O)c1c(-c2ccc(OC(C)C(=O)O)cc2)nn(-c2ccccc2)c1C(=O)OC. The highest BCUT2D eigenvalue weighted by Gasteiger charge is 2.31. The Morgan fingerprint density at radius 2 is 1.55 bits per heavy atom. The van der Waals surface area contributed by atoms with Crippen molar-refractivity contribution >= 4 is 17.9 Å². The summed E-state index contributed by atoms with van der Waals surface area (Å²) >= 11 is 0. The molecule has 0 aliphatic rings. The maximum atomic E-state index is 12.6. The van der Waals surface area contributed by atoms with Gasteiger partial charge in [0.2, 0.25) is 0 Å². The van der Waals surface area contributed by atoms with Crippen LogP contribution in [0.1, 0.15) is 27.8 Å². The van der Waals surface area contributed by atoms with E-state index >= 15 is 0 Å². The van der Waals surface area contributed by atoms with Gasteiger partial charge in [-0.05, 0) is 43.3 Å². The first-order valence-electron chi connectivity index (χ1n) is 9.22. The van der Waals surface area contributed by atoms with Gasteiger partial charge in [0.15, 0.2) is 11.8 Å². The quantitative estimate of drug-likeness (QED) is 0.576. The van der Waals surface area contributed by atoms with Gasteiger partial charge in [-0.15, -0.1) is 0 Å². The van der Waals surface area contributed by atoms with Gasteiger partial charge >= 0.3 is 17.9 Å². The summed E-state index contributed by atoms with van der Waals surface area (Å²) in [6.07, 6.45) is -1.03. The molecule has 160 valence electrons. The van der Waals surface area contributed by atoms with E-state index in [0.29, 0.717) is 17.0 Å². The fourth-order valence-corrected chi connectivity index (χ4v) is 2.90. The van der Waals surface area contributed by atoms with E-state index in [9.17, 15) is 14.4 Å². The number of aliphatic carboxylic acids is 1. The van der Waals surface area contributed by atoms with Crippen LogP contribution in [0.5, 0.6) is 5.75 Å². The van der Waals surface area contributed by atoms with Crippen LogP contribution < -0.4 is 4.74 Å². The number of carboxylic acid groups (broad SMARTS) is 1. The first kappa shape index (κ1) is 21.6. The van der Waals surface area contributed by atoms with E-state index < -0.39 is 24.0 Å². The highest BCUT2D eigenvalue weighted by atomic mass is 16.5. The molecule has 0 fully saturated rings. The molecular weight excluding hydrogens is 404 g/mol. The van der Waals surface area contributed by atoms with Crippen LogP contribution in [0.25, 0.3) is 16.9 Å². The van der Waals surface area contributed by atoms with Crippen molar-refractivity contribution < 1.29 is 33.7 Å². The lowest BCUT2D eigenvalue weighted by atomic mass is 10.1. The molecule has 0 bridgehead atoms. The molecular formula is C22H20N2O7. The first-order chi connectivity index (χ1) is 14.9. The number of aromatic nitrogens is 2. The van der Waals surface area contributed by atoms with Crippen LogP contribution in [0.15, 0.2) is 54.6 Å². The molecule has 1 heterocycles. The lowest BCUT2D eigenvalue weighted by Crippen LogP contribution is -2.22. The predicted octanol–water partition coefficient (Wildman–Crippen LogP) is 2.96. The highest BCUT2D eigenvalue weighted by molar-refractivity contribution is 6.06. The van der Waals surface area contributed by atoms with Gasteiger partial charge in [-0.3, -0.25) is 0 Å². The van der Waals surface area contributed by atoms with Crippen LogP contribution >= 0.6 is 0 Å². The summed E-state index contributed by atoms with van der Waals surface area (Å²) in [5.41, 5.74) is 1.13. The van der Waals surface area contributed by atoms with Crippen molar-refractivity contribution in [2.24, 2.45) is 0 Å². The molecule has 0 spiro atoms. The fraction of sp³-hybridized carbons (Fsp3) is 0.182. The molecule has 1 N–H and O–H groups in total. The molecule has 3 aromatic rings. The predicted molar refractivity (Wildman–Crippen MR) is 109 cm³/mol. The normalized spacial score (nSPS) is 11.5. The Bertz CT molecular complexity index is 1100. The van der Waals surface area contributed by atoms with E-state index in [1.54, 1.807) is 48.5 Å². The number of ether oxygens (including phenoxy) is 3. The van der Waals surface area contributed by atoms with Crippen LogP contribution in [0.2, 0.25) is 0 Å². The van der Waals surface area contributed by atoms with Gasteiger partial charge in [-0.25, -0.2) is 19.1 Å². The second-order valence-corrected chi connectivity index (χ2v) is 6.43. The fourth-order valence-electron chi connectivity index (χ4n) is 2.90. The molecule has 0 saturated carbocycles. The Balaban J connectivity index is 2.15.